The van der Waals surface area contributed by atoms with Crippen molar-refractivity contribution in [3.05, 3.63) is 23.7 Å². The Morgan fingerprint density at radius 1 is 1.56 bits per heavy atom. The molecule has 0 saturated carbocycles. The first-order valence-corrected chi connectivity index (χ1v) is 5.25. The number of amides is 1. The number of hydrogen-bond acceptors (Lipinski definition) is 3. The molecule has 0 bridgehead atoms. The third-order valence-electron chi connectivity index (χ3n) is 2.63. The lowest BCUT2D eigenvalue weighted by Gasteiger charge is -2.18. The van der Waals surface area contributed by atoms with E-state index in [0.29, 0.717) is 25.1 Å². The molecule has 1 atom stereocenters. The van der Waals surface area contributed by atoms with E-state index in [0.717, 1.165) is 4.90 Å². The first-order valence-electron chi connectivity index (χ1n) is 5.25. The van der Waals surface area contributed by atoms with Gasteiger partial charge in [-0.3, -0.25) is 14.5 Å². The van der Waals surface area contributed by atoms with Crippen LogP contribution in [0.25, 0.3) is 0 Å². The zero-order valence-corrected chi connectivity index (χ0v) is 9.54. The SMILES string of the molecule is CNC(=O)CCC[NH+]1C=CC(=O)C(O)=C1C. The number of ketones is 1. The van der Waals surface area contributed by atoms with E-state index in [4.69, 9.17) is 0 Å². The highest BCUT2D eigenvalue weighted by Gasteiger charge is 2.22. The molecule has 88 valence electrons. The molecule has 0 aliphatic carbocycles. The van der Waals surface area contributed by atoms with Crippen LogP contribution in [0.15, 0.2) is 23.7 Å². The predicted molar refractivity (Wildman–Crippen MR) is 58.6 cm³/mol. The molecule has 16 heavy (non-hydrogen) atoms. The molecule has 0 radical (unpaired) electrons. The molecule has 0 fully saturated rings. The Labute approximate surface area is 94.4 Å². The van der Waals surface area contributed by atoms with Gasteiger partial charge < -0.3 is 10.4 Å². The first-order chi connectivity index (χ1) is 7.56. The second kappa shape index (κ2) is 5.46. The maximum Gasteiger partial charge on any atom is 0.231 e. The third kappa shape index (κ3) is 2.93. The van der Waals surface area contributed by atoms with Crippen molar-refractivity contribution < 1.29 is 19.6 Å². The van der Waals surface area contributed by atoms with Gasteiger partial charge in [0.1, 0.15) is 6.20 Å². The summed E-state index contributed by atoms with van der Waals surface area (Å²) in [6, 6.07) is 0. The van der Waals surface area contributed by atoms with E-state index in [2.05, 4.69) is 5.32 Å². The largest absolute Gasteiger partial charge is 0.500 e. The fraction of sp³-hybridized carbons (Fsp3) is 0.455. The summed E-state index contributed by atoms with van der Waals surface area (Å²) in [6.07, 6.45) is 4.23. The monoisotopic (exact) mass is 225 g/mol. The minimum absolute atomic E-state index is 0.00215. The number of rotatable bonds is 4. The van der Waals surface area contributed by atoms with Gasteiger partial charge in [0, 0.05) is 32.9 Å². The van der Waals surface area contributed by atoms with E-state index < -0.39 is 0 Å². The minimum Gasteiger partial charge on any atom is -0.500 e. The molecule has 5 heteroatoms. The Morgan fingerprint density at radius 3 is 2.88 bits per heavy atom. The number of quaternary nitrogens is 1. The molecule has 0 saturated heterocycles. The summed E-state index contributed by atoms with van der Waals surface area (Å²) in [4.78, 5) is 23.0. The lowest BCUT2D eigenvalue weighted by molar-refractivity contribution is -0.807. The normalized spacial score (nSPS) is 20.1. The van der Waals surface area contributed by atoms with Crippen LogP contribution in [-0.4, -0.2) is 30.4 Å². The van der Waals surface area contributed by atoms with Gasteiger partial charge in [-0.25, -0.2) is 0 Å². The average molecular weight is 225 g/mol. The highest BCUT2D eigenvalue weighted by molar-refractivity contribution is 6.02. The van der Waals surface area contributed by atoms with Crippen molar-refractivity contribution >= 4 is 11.7 Å². The van der Waals surface area contributed by atoms with Gasteiger partial charge in [-0.2, -0.15) is 0 Å². The van der Waals surface area contributed by atoms with Gasteiger partial charge in [-0.15, -0.1) is 0 Å². The molecule has 1 unspecified atom stereocenters. The van der Waals surface area contributed by atoms with Gasteiger partial charge in [0.2, 0.25) is 17.4 Å². The first kappa shape index (κ1) is 12.4. The van der Waals surface area contributed by atoms with Gasteiger partial charge in [0.25, 0.3) is 0 Å². The van der Waals surface area contributed by atoms with Crippen molar-refractivity contribution in [2.24, 2.45) is 0 Å². The molecular formula is C11H17N2O3+. The fourth-order valence-electron chi connectivity index (χ4n) is 1.55. The molecule has 1 aliphatic heterocycles. The van der Waals surface area contributed by atoms with E-state index in [1.165, 1.54) is 6.08 Å². The van der Waals surface area contributed by atoms with Crippen molar-refractivity contribution in [1.29, 1.82) is 0 Å². The second-order valence-electron chi connectivity index (χ2n) is 3.72. The number of aliphatic hydroxyl groups is 1. The number of carbonyl (C=O) groups excluding carboxylic acids is 2. The number of allylic oxidation sites excluding steroid dienone is 2. The summed E-state index contributed by atoms with van der Waals surface area (Å²) >= 11 is 0. The minimum atomic E-state index is -0.354. The Bertz CT molecular complexity index is 358. The Kier molecular flexibility index (Phi) is 4.25. The van der Waals surface area contributed by atoms with Crippen molar-refractivity contribution in [2.45, 2.75) is 19.8 Å². The number of aliphatic hydroxyl groups excluding tert-OH is 1. The van der Waals surface area contributed by atoms with E-state index in [-0.39, 0.29) is 17.4 Å². The number of carbonyl (C=O) groups is 2. The Balaban J connectivity index is 2.47. The maximum atomic E-state index is 11.1. The summed E-state index contributed by atoms with van der Waals surface area (Å²) < 4.78 is 0. The summed E-state index contributed by atoms with van der Waals surface area (Å²) in [6.45, 7) is 2.40. The summed E-state index contributed by atoms with van der Waals surface area (Å²) in [5, 5.41) is 12.0. The van der Waals surface area contributed by atoms with Crippen LogP contribution in [-0.2, 0) is 9.59 Å². The number of nitrogens with one attached hydrogen (secondary N) is 2. The zero-order chi connectivity index (χ0) is 12.1. The third-order valence-corrected chi connectivity index (χ3v) is 2.63. The van der Waals surface area contributed by atoms with Crippen LogP contribution in [0.1, 0.15) is 19.8 Å². The van der Waals surface area contributed by atoms with Crippen molar-refractivity contribution in [2.75, 3.05) is 13.6 Å². The van der Waals surface area contributed by atoms with Crippen LogP contribution >= 0.6 is 0 Å². The highest BCUT2D eigenvalue weighted by atomic mass is 16.3. The molecule has 1 amide bonds. The fourth-order valence-corrected chi connectivity index (χ4v) is 1.55. The van der Waals surface area contributed by atoms with Crippen LogP contribution in [0.2, 0.25) is 0 Å². The van der Waals surface area contributed by atoms with Crippen LogP contribution < -0.4 is 10.2 Å². The topological polar surface area (TPSA) is 70.8 Å². The lowest BCUT2D eigenvalue weighted by atomic mass is 10.2. The van der Waals surface area contributed by atoms with Gasteiger partial charge in [-0.05, 0) is 0 Å². The van der Waals surface area contributed by atoms with E-state index in [1.54, 1.807) is 20.2 Å². The molecule has 5 nitrogen and oxygen atoms in total. The summed E-state index contributed by atoms with van der Waals surface area (Å²) in [5.74, 6) is -0.535. The average Bonchev–Trinajstić information content (AvgIpc) is 2.29. The molecular weight excluding hydrogens is 208 g/mol. The second-order valence-corrected chi connectivity index (χ2v) is 3.72. The predicted octanol–water partition coefficient (Wildman–Crippen LogP) is -0.717. The summed E-state index contributed by atoms with van der Waals surface area (Å²) in [7, 11) is 1.60. The molecule has 0 aromatic carbocycles. The Hall–Kier alpha value is -1.62. The van der Waals surface area contributed by atoms with E-state index in [1.807, 2.05) is 0 Å². The van der Waals surface area contributed by atoms with Crippen LogP contribution in [0.4, 0.5) is 0 Å². The molecule has 0 aromatic rings. The molecule has 3 N–H and O–H groups in total. The van der Waals surface area contributed by atoms with Crippen LogP contribution in [0.5, 0.6) is 0 Å². The molecule has 1 aliphatic rings. The number of hydrogen-bond donors (Lipinski definition) is 3. The van der Waals surface area contributed by atoms with Gasteiger partial charge in [0.05, 0.1) is 6.54 Å². The lowest BCUT2D eigenvalue weighted by Crippen LogP contribution is -3.06. The smallest absolute Gasteiger partial charge is 0.231 e. The standard InChI is InChI=1S/C11H16N2O3/c1-8-11(16)9(14)5-7-13(8)6-3-4-10(15)12-2/h5,7,16H,3-4,6H2,1-2H3,(H,12,15)/p+1. The highest BCUT2D eigenvalue weighted by Crippen LogP contribution is 2.00. The Morgan fingerprint density at radius 2 is 2.25 bits per heavy atom. The van der Waals surface area contributed by atoms with E-state index >= 15 is 0 Å². The van der Waals surface area contributed by atoms with Crippen molar-refractivity contribution in [3.63, 3.8) is 0 Å². The quantitative estimate of drug-likeness (QED) is 0.591. The van der Waals surface area contributed by atoms with Gasteiger partial charge in [-0.1, -0.05) is 0 Å². The molecule has 0 aromatic heterocycles. The van der Waals surface area contributed by atoms with Gasteiger partial charge >= 0.3 is 0 Å². The molecule has 1 heterocycles. The molecule has 0 spiro atoms. The van der Waals surface area contributed by atoms with Crippen LogP contribution in [0, 0.1) is 0 Å². The zero-order valence-electron chi connectivity index (χ0n) is 9.54. The molecule has 1 rings (SSSR count). The van der Waals surface area contributed by atoms with Crippen LogP contribution in [0.3, 0.4) is 0 Å². The van der Waals surface area contributed by atoms with Crippen molar-refractivity contribution in [1.82, 2.24) is 5.32 Å². The van der Waals surface area contributed by atoms with Gasteiger partial charge in [0.15, 0.2) is 5.70 Å². The summed E-state index contributed by atoms with van der Waals surface area (Å²) in [5.41, 5.74) is 0.615. The maximum absolute atomic E-state index is 11.1. The van der Waals surface area contributed by atoms with E-state index in [9.17, 15) is 14.7 Å². The van der Waals surface area contributed by atoms with Crippen molar-refractivity contribution in [3.8, 4) is 0 Å².